The standard InChI is InChI=1S/C11H14ClNO2/c1-8(13-7-11(14)15-2)9-5-3-4-6-10(9)12/h3-6,8,13H,7H2,1-2H3/t8-/m1/s1. The molecule has 1 aromatic rings. The maximum atomic E-state index is 10.9. The lowest BCUT2D eigenvalue weighted by Crippen LogP contribution is -2.26. The number of hydrogen-bond donors (Lipinski definition) is 1. The molecule has 0 amide bonds. The number of carbonyl (C=O) groups excluding carboxylic acids is 1. The van der Waals surface area contributed by atoms with Gasteiger partial charge in [-0.15, -0.1) is 0 Å². The Hall–Kier alpha value is -1.06. The molecule has 0 radical (unpaired) electrons. The fourth-order valence-corrected chi connectivity index (χ4v) is 1.54. The van der Waals surface area contributed by atoms with Gasteiger partial charge in [-0.1, -0.05) is 29.8 Å². The number of halogens is 1. The van der Waals surface area contributed by atoms with Crippen LogP contribution in [-0.2, 0) is 9.53 Å². The number of rotatable bonds is 4. The molecule has 0 aliphatic rings. The molecule has 0 aliphatic heterocycles. The Bertz CT molecular complexity index is 341. The molecule has 0 fully saturated rings. The van der Waals surface area contributed by atoms with Gasteiger partial charge in [0, 0.05) is 11.1 Å². The largest absolute Gasteiger partial charge is 0.468 e. The number of esters is 1. The normalized spacial score (nSPS) is 12.2. The third-order valence-corrected chi connectivity index (χ3v) is 2.50. The van der Waals surface area contributed by atoms with Crippen LogP contribution in [0.15, 0.2) is 24.3 Å². The topological polar surface area (TPSA) is 38.3 Å². The zero-order chi connectivity index (χ0) is 11.3. The van der Waals surface area contributed by atoms with Gasteiger partial charge in [-0.25, -0.2) is 0 Å². The minimum Gasteiger partial charge on any atom is -0.468 e. The Balaban J connectivity index is 2.57. The summed E-state index contributed by atoms with van der Waals surface area (Å²) in [7, 11) is 1.37. The van der Waals surface area contributed by atoms with E-state index in [2.05, 4.69) is 10.1 Å². The van der Waals surface area contributed by atoms with Gasteiger partial charge in [-0.3, -0.25) is 4.79 Å². The van der Waals surface area contributed by atoms with Crippen molar-refractivity contribution >= 4 is 17.6 Å². The molecular weight excluding hydrogens is 214 g/mol. The second-order valence-electron chi connectivity index (χ2n) is 3.20. The molecule has 3 nitrogen and oxygen atoms in total. The second kappa shape index (κ2) is 5.73. The molecule has 1 aromatic carbocycles. The molecule has 0 aliphatic carbocycles. The van der Waals surface area contributed by atoms with E-state index in [4.69, 9.17) is 11.6 Å². The van der Waals surface area contributed by atoms with Crippen LogP contribution < -0.4 is 5.32 Å². The third kappa shape index (κ3) is 3.53. The Morgan fingerprint density at radius 3 is 2.80 bits per heavy atom. The zero-order valence-corrected chi connectivity index (χ0v) is 9.54. The summed E-state index contributed by atoms with van der Waals surface area (Å²) < 4.78 is 4.53. The molecule has 1 N–H and O–H groups in total. The minimum absolute atomic E-state index is 0.0257. The molecule has 4 heteroatoms. The van der Waals surface area contributed by atoms with Crippen molar-refractivity contribution < 1.29 is 9.53 Å². The first-order valence-corrected chi connectivity index (χ1v) is 5.07. The molecule has 0 saturated carbocycles. The molecule has 1 atom stereocenters. The molecule has 0 saturated heterocycles. The van der Waals surface area contributed by atoms with Crippen molar-refractivity contribution in [2.75, 3.05) is 13.7 Å². The van der Waals surface area contributed by atoms with Crippen molar-refractivity contribution in [3.8, 4) is 0 Å². The fourth-order valence-electron chi connectivity index (χ4n) is 1.24. The van der Waals surface area contributed by atoms with Crippen molar-refractivity contribution in [2.24, 2.45) is 0 Å². The van der Waals surface area contributed by atoms with Gasteiger partial charge in [0.1, 0.15) is 0 Å². The highest BCUT2D eigenvalue weighted by atomic mass is 35.5. The Labute approximate surface area is 94.4 Å². The Morgan fingerprint density at radius 2 is 2.20 bits per heavy atom. The molecule has 0 aromatic heterocycles. The number of carbonyl (C=O) groups is 1. The van der Waals surface area contributed by atoms with E-state index in [-0.39, 0.29) is 18.6 Å². The van der Waals surface area contributed by atoms with Crippen molar-refractivity contribution in [3.63, 3.8) is 0 Å². The quantitative estimate of drug-likeness (QED) is 0.802. The van der Waals surface area contributed by atoms with Crippen LogP contribution in [0.25, 0.3) is 0 Å². The van der Waals surface area contributed by atoms with Gasteiger partial charge in [0.2, 0.25) is 0 Å². The molecule has 0 unspecified atom stereocenters. The average molecular weight is 228 g/mol. The molecule has 0 bridgehead atoms. The first kappa shape index (κ1) is 12.0. The van der Waals surface area contributed by atoms with E-state index >= 15 is 0 Å². The number of hydrogen-bond acceptors (Lipinski definition) is 3. The Kier molecular flexibility index (Phi) is 4.59. The van der Waals surface area contributed by atoms with E-state index in [0.29, 0.717) is 5.02 Å². The first-order valence-electron chi connectivity index (χ1n) is 4.69. The molecule has 0 heterocycles. The fraction of sp³-hybridized carbons (Fsp3) is 0.364. The summed E-state index contributed by atoms with van der Waals surface area (Å²) in [5.41, 5.74) is 0.975. The molecule has 1 rings (SSSR count). The monoisotopic (exact) mass is 227 g/mol. The predicted molar refractivity (Wildman–Crippen MR) is 59.9 cm³/mol. The van der Waals surface area contributed by atoms with E-state index in [1.54, 1.807) is 0 Å². The summed E-state index contributed by atoms with van der Waals surface area (Å²) in [5, 5.41) is 3.73. The highest BCUT2D eigenvalue weighted by molar-refractivity contribution is 6.31. The number of nitrogens with one attached hydrogen (secondary N) is 1. The van der Waals surface area contributed by atoms with Crippen LogP contribution in [0.4, 0.5) is 0 Å². The van der Waals surface area contributed by atoms with Crippen LogP contribution in [-0.4, -0.2) is 19.6 Å². The van der Waals surface area contributed by atoms with E-state index in [1.165, 1.54) is 7.11 Å². The lowest BCUT2D eigenvalue weighted by atomic mass is 10.1. The van der Waals surface area contributed by atoms with Crippen molar-refractivity contribution in [2.45, 2.75) is 13.0 Å². The molecule has 0 spiro atoms. The average Bonchev–Trinajstić information content (AvgIpc) is 2.26. The highest BCUT2D eigenvalue weighted by Gasteiger charge is 2.09. The van der Waals surface area contributed by atoms with Gasteiger partial charge in [0.25, 0.3) is 0 Å². The summed E-state index contributed by atoms with van der Waals surface area (Å²) in [6.45, 7) is 2.13. The minimum atomic E-state index is -0.283. The number of methoxy groups -OCH3 is 1. The van der Waals surface area contributed by atoms with Gasteiger partial charge >= 0.3 is 5.97 Å². The van der Waals surface area contributed by atoms with E-state index < -0.39 is 0 Å². The highest BCUT2D eigenvalue weighted by Crippen LogP contribution is 2.21. The third-order valence-electron chi connectivity index (χ3n) is 2.15. The van der Waals surface area contributed by atoms with Gasteiger partial charge in [0.15, 0.2) is 0 Å². The summed E-state index contributed by atoms with van der Waals surface area (Å²) in [4.78, 5) is 10.9. The van der Waals surface area contributed by atoms with E-state index in [0.717, 1.165) is 5.56 Å². The van der Waals surface area contributed by atoms with Crippen molar-refractivity contribution in [1.29, 1.82) is 0 Å². The lowest BCUT2D eigenvalue weighted by Gasteiger charge is -2.14. The SMILES string of the molecule is COC(=O)CN[C@H](C)c1ccccc1Cl. The van der Waals surface area contributed by atoms with Gasteiger partial charge in [-0.05, 0) is 18.6 Å². The summed E-state index contributed by atoms with van der Waals surface area (Å²) in [5.74, 6) is -0.283. The summed E-state index contributed by atoms with van der Waals surface area (Å²) in [6.07, 6.45) is 0. The lowest BCUT2D eigenvalue weighted by molar-refractivity contribution is -0.139. The Morgan fingerprint density at radius 1 is 1.53 bits per heavy atom. The van der Waals surface area contributed by atoms with E-state index in [9.17, 15) is 4.79 Å². The van der Waals surface area contributed by atoms with Gasteiger partial charge in [0.05, 0.1) is 13.7 Å². The van der Waals surface area contributed by atoms with Gasteiger partial charge < -0.3 is 10.1 Å². The van der Waals surface area contributed by atoms with Crippen LogP contribution in [0.2, 0.25) is 5.02 Å². The maximum absolute atomic E-state index is 10.9. The second-order valence-corrected chi connectivity index (χ2v) is 3.61. The van der Waals surface area contributed by atoms with Gasteiger partial charge in [-0.2, -0.15) is 0 Å². The van der Waals surface area contributed by atoms with Crippen molar-refractivity contribution in [3.05, 3.63) is 34.9 Å². The van der Waals surface area contributed by atoms with Crippen LogP contribution in [0.3, 0.4) is 0 Å². The molecular formula is C11H14ClNO2. The van der Waals surface area contributed by atoms with Crippen LogP contribution in [0.5, 0.6) is 0 Å². The van der Waals surface area contributed by atoms with Crippen LogP contribution in [0, 0.1) is 0 Å². The predicted octanol–water partition coefficient (Wildman–Crippen LogP) is 2.16. The zero-order valence-electron chi connectivity index (χ0n) is 8.79. The molecule has 82 valence electrons. The van der Waals surface area contributed by atoms with E-state index in [1.807, 2.05) is 31.2 Å². The maximum Gasteiger partial charge on any atom is 0.319 e. The number of ether oxygens (including phenoxy) is 1. The van der Waals surface area contributed by atoms with Crippen molar-refractivity contribution in [1.82, 2.24) is 5.32 Å². The van der Waals surface area contributed by atoms with Crippen LogP contribution in [0.1, 0.15) is 18.5 Å². The smallest absolute Gasteiger partial charge is 0.319 e. The number of benzene rings is 1. The molecule has 15 heavy (non-hydrogen) atoms. The first-order chi connectivity index (χ1) is 7.15. The summed E-state index contributed by atoms with van der Waals surface area (Å²) in [6, 6.07) is 7.57. The summed E-state index contributed by atoms with van der Waals surface area (Å²) >= 11 is 6.01. The van der Waals surface area contributed by atoms with Crippen LogP contribution >= 0.6 is 11.6 Å².